The number of rotatable bonds is 3. The number of benzene rings is 1. The largest absolute Gasteiger partial charge is 0.299 e. The van der Waals surface area contributed by atoms with E-state index in [4.69, 9.17) is 0 Å². The molecule has 0 atom stereocenters. The Morgan fingerprint density at radius 1 is 1.26 bits per heavy atom. The number of fused-ring (bicyclic) bond motifs is 1. The van der Waals surface area contributed by atoms with Crippen molar-refractivity contribution in [3.63, 3.8) is 0 Å². The Balaban J connectivity index is 2.27. The van der Waals surface area contributed by atoms with E-state index in [1.54, 1.807) is 10.9 Å². The first-order valence-electron chi connectivity index (χ1n) is 6.33. The molecule has 0 fully saturated rings. The second kappa shape index (κ2) is 4.97. The van der Waals surface area contributed by atoms with Gasteiger partial charge in [-0.15, -0.1) is 11.3 Å². The minimum Gasteiger partial charge on any atom is -0.299 e. The fourth-order valence-corrected chi connectivity index (χ4v) is 3.10. The zero-order chi connectivity index (χ0) is 13.2. The first kappa shape index (κ1) is 12.1. The molecule has 0 N–H and O–H groups in total. The van der Waals surface area contributed by atoms with Gasteiger partial charge >= 0.3 is 0 Å². The van der Waals surface area contributed by atoms with Gasteiger partial charge in [-0.1, -0.05) is 37.3 Å². The number of hydrogen-bond donors (Lipinski definition) is 0. The van der Waals surface area contributed by atoms with Crippen LogP contribution in [0.3, 0.4) is 0 Å². The molecule has 1 aromatic carbocycles. The van der Waals surface area contributed by atoms with E-state index in [0.29, 0.717) is 6.54 Å². The highest BCUT2D eigenvalue weighted by atomic mass is 32.1. The second-order valence-electron chi connectivity index (χ2n) is 4.44. The minimum absolute atomic E-state index is 0.0620. The van der Waals surface area contributed by atoms with Gasteiger partial charge in [0.1, 0.15) is 4.83 Å². The Morgan fingerprint density at radius 3 is 2.79 bits per heavy atom. The molecule has 4 heteroatoms. The van der Waals surface area contributed by atoms with Crippen LogP contribution in [0.15, 0.2) is 46.8 Å². The van der Waals surface area contributed by atoms with Gasteiger partial charge in [0.2, 0.25) is 0 Å². The number of aromatic nitrogens is 2. The standard InChI is InChI=1S/C15H14N2OS/c1-2-8-17-10-16-14-13(15(17)18)12(9-19-14)11-6-4-3-5-7-11/h3-7,9-10H,2,8H2,1H3. The Kier molecular flexibility index (Phi) is 3.17. The van der Waals surface area contributed by atoms with Crippen LogP contribution in [0.25, 0.3) is 21.3 Å². The van der Waals surface area contributed by atoms with E-state index < -0.39 is 0 Å². The molecule has 0 bridgehead atoms. The van der Waals surface area contributed by atoms with Gasteiger partial charge in [-0.25, -0.2) is 4.98 Å². The Morgan fingerprint density at radius 2 is 2.05 bits per heavy atom. The summed E-state index contributed by atoms with van der Waals surface area (Å²) in [5.41, 5.74) is 2.12. The van der Waals surface area contributed by atoms with E-state index in [2.05, 4.69) is 11.9 Å². The van der Waals surface area contributed by atoms with Gasteiger partial charge in [0.05, 0.1) is 11.7 Å². The minimum atomic E-state index is 0.0620. The van der Waals surface area contributed by atoms with Crippen molar-refractivity contribution >= 4 is 21.6 Å². The number of thiophene rings is 1. The summed E-state index contributed by atoms with van der Waals surface area (Å²) < 4.78 is 1.70. The Bertz CT molecular complexity index is 759. The Labute approximate surface area is 115 Å². The fraction of sp³-hybridized carbons (Fsp3) is 0.200. The fourth-order valence-electron chi connectivity index (χ4n) is 2.20. The number of nitrogens with zero attached hydrogens (tertiary/aromatic N) is 2. The number of hydrogen-bond acceptors (Lipinski definition) is 3. The molecule has 3 nitrogen and oxygen atoms in total. The first-order valence-corrected chi connectivity index (χ1v) is 7.21. The van der Waals surface area contributed by atoms with E-state index >= 15 is 0 Å². The van der Waals surface area contributed by atoms with Gasteiger partial charge < -0.3 is 0 Å². The third-order valence-corrected chi connectivity index (χ3v) is 4.00. The molecule has 2 aromatic heterocycles. The maximum atomic E-state index is 12.5. The lowest BCUT2D eigenvalue weighted by Gasteiger charge is -2.04. The molecule has 19 heavy (non-hydrogen) atoms. The molecule has 0 saturated heterocycles. The van der Waals surface area contributed by atoms with Crippen LogP contribution in [-0.4, -0.2) is 9.55 Å². The maximum absolute atomic E-state index is 12.5. The quantitative estimate of drug-likeness (QED) is 0.729. The summed E-state index contributed by atoms with van der Waals surface area (Å²) >= 11 is 1.53. The molecule has 0 aliphatic heterocycles. The predicted octanol–water partition coefficient (Wildman–Crippen LogP) is 3.54. The maximum Gasteiger partial charge on any atom is 0.262 e. The molecule has 0 unspecified atom stereocenters. The molecule has 0 spiro atoms. The van der Waals surface area contributed by atoms with Gasteiger partial charge in [-0.3, -0.25) is 9.36 Å². The summed E-state index contributed by atoms with van der Waals surface area (Å²) in [6, 6.07) is 10.0. The Hall–Kier alpha value is -1.94. The third-order valence-electron chi connectivity index (χ3n) is 3.11. The van der Waals surface area contributed by atoms with Crippen molar-refractivity contribution in [1.82, 2.24) is 9.55 Å². The summed E-state index contributed by atoms with van der Waals surface area (Å²) in [5, 5.41) is 2.76. The van der Waals surface area contributed by atoms with Crippen molar-refractivity contribution in [2.75, 3.05) is 0 Å². The summed E-state index contributed by atoms with van der Waals surface area (Å²) in [6.45, 7) is 2.77. The van der Waals surface area contributed by atoms with Crippen molar-refractivity contribution in [1.29, 1.82) is 0 Å². The molecule has 0 aliphatic carbocycles. The SMILES string of the molecule is CCCn1cnc2scc(-c3ccccc3)c2c1=O. The highest BCUT2D eigenvalue weighted by Gasteiger charge is 2.12. The van der Waals surface area contributed by atoms with Gasteiger partial charge in [0, 0.05) is 17.5 Å². The van der Waals surface area contributed by atoms with E-state index in [0.717, 1.165) is 27.8 Å². The van der Waals surface area contributed by atoms with Gasteiger partial charge in [0.15, 0.2) is 0 Å². The van der Waals surface area contributed by atoms with Gasteiger partial charge in [-0.05, 0) is 12.0 Å². The van der Waals surface area contributed by atoms with Crippen LogP contribution in [-0.2, 0) is 6.54 Å². The van der Waals surface area contributed by atoms with Gasteiger partial charge in [-0.2, -0.15) is 0 Å². The summed E-state index contributed by atoms with van der Waals surface area (Å²) in [7, 11) is 0. The predicted molar refractivity (Wildman–Crippen MR) is 79.6 cm³/mol. The van der Waals surface area contributed by atoms with Crippen LogP contribution >= 0.6 is 11.3 Å². The summed E-state index contributed by atoms with van der Waals surface area (Å²) in [4.78, 5) is 17.7. The van der Waals surface area contributed by atoms with Gasteiger partial charge in [0.25, 0.3) is 5.56 Å². The van der Waals surface area contributed by atoms with Crippen molar-refractivity contribution in [3.8, 4) is 11.1 Å². The van der Waals surface area contributed by atoms with Crippen molar-refractivity contribution in [2.45, 2.75) is 19.9 Å². The van der Waals surface area contributed by atoms with Crippen LogP contribution in [0.1, 0.15) is 13.3 Å². The molecule has 3 aromatic rings. The number of aryl methyl sites for hydroxylation is 1. The molecular weight excluding hydrogens is 256 g/mol. The zero-order valence-corrected chi connectivity index (χ0v) is 11.5. The molecule has 3 rings (SSSR count). The molecule has 0 aliphatic rings. The molecule has 0 amide bonds. The average molecular weight is 270 g/mol. The molecule has 96 valence electrons. The second-order valence-corrected chi connectivity index (χ2v) is 5.30. The van der Waals surface area contributed by atoms with Crippen LogP contribution in [0.5, 0.6) is 0 Å². The molecule has 2 heterocycles. The molecule has 0 saturated carbocycles. The average Bonchev–Trinajstić information content (AvgIpc) is 2.88. The summed E-state index contributed by atoms with van der Waals surface area (Å²) in [6.07, 6.45) is 2.58. The van der Waals surface area contributed by atoms with E-state index in [9.17, 15) is 4.79 Å². The third kappa shape index (κ3) is 2.08. The van der Waals surface area contributed by atoms with Crippen LogP contribution in [0, 0.1) is 0 Å². The van der Waals surface area contributed by atoms with E-state index in [-0.39, 0.29) is 5.56 Å². The van der Waals surface area contributed by atoms with Crippen molar-refractivity contribution in [2.24, 2.45) is 0 Å². The highest BCUT2D eigenvalue weighted by molar-refractivity contribution is 7.17. The van der Waals surface area contributed by atoms with E-state index in [1.165, 1.54) is 11.3 Å². The lowest BCUT2D eigenvalue weighted by molar-refractivity contribution is 0.648. The lowest BCUT2D eigenvalue weighted by atomic mass is 10.1. The van der Waals surface area contributed by atoms with Crippen molar-refractivity contribution < 1.29 is 0 Å². The van der Waals surface area contributed by atoms with Crippen LogP contribution < -0.4 is 5.56 Å². The highest BCUT2D eigenvalue weighted by Crippen LogP contribution is 2.30. The normalized spacial score (nSPS) is 11.0. The van der Waals surface area contributed by atoms with E-state index in [1.807, 2.05) is 35.7 Å². The van der Waals surface area contributed by atoms with Crippen molar-refractivity contribution in [3.05, 3.63) is 52.4 Å². The summed E-state index contributed by atoms with van der Waals surface area (Å²) in [5.74, 6) is 0. The lowest BCUT2D eigenvalue weighted by Crippen LogP contribution is -2.20. The topological polar surface area (TPSA) is 34.9 Å². The zero-order valence-electron chi connectivity index (χ0n) is 10.7. The van der Waals surface area contributed by atoms with Crippen LogP contribution in [0.4, 0.5) is 0 Å². The molecular formula is C15H14N2OS. The van der Waals surface area contributed by atoms with Crippen LogP contribution in [0.2, 0.25) is 0 Å². The first-order chi connectivity index (χ1) is 9.31. The smallest absolute Gasteiger partial charge is 0.262 e. The monoisotopic (exact) mass is 270 g/mol. The molecule has 0 radical (unpaired) electrons.